The van der Waals surface area contributed by atoms with Gasteiger partial charge in [-0.1, -0.05) is 69.9 Å². The van der Waals surface area contributed by atoms with Gasteiger partial charge in [0.15, 0.2) is 0 Å². The van der Waals surface area contributed by atoms with E-state index in [9.17, 15) is 0 Å². The van der Waals surface area contributed by atoms with E-state index in [1.807, 2.05) is 10.1 Å². The van der Waals surface area contributed by atoms with Crippen LogP contribution in [-0.2, 0) is 5.16 Å². The van der Waals surface area contributed by atoms with Crippen LogP contribution in [-0.4, -0.2) is 0 Å². The minimum absolute atomic E-state index is 0. The van der Waals surface area contributed by atoms with Crippen molar-refractivity contribution in [3.8, 4) is 21.2 Å². The van der Waals surface area contributed by atoms with E-state index in [1.54, 1.807) is 11.1 Å². The van der Waals surface area contributed by atoms with Crippen molar-refractivity contribution in [1.29, 1.82) is 0 Å². The zero-order chi connectivity index (χ0) is 21.8. The van der Waals surface area contributed by atoms with Gasteiger partial charge in [-0.3, -0.25) is 0 Å². The van der Waals surface area contributed by atoms with E-state index in [0.717, 1.165) is 0 Å². The molecule has 30 heavy (non-hydrogen) atoms. The molecule has 0 spiro atoms. The Morgan fingerprint density at radius 1 is 0.767 bits per heavy atom. The molecule has 0 aliphatic heterocycles. The van der Waals surface area contributed by atoms with Crippen LogP contribution in [0.5, 0.6) is 0 Å². The topological polar surface area (TPSA) is 0 Å². The van der Waals surface area contributed by atoms with Crippen molar-refractivity contribution in [1.82, 2.24) is 0 Å². The zero-order valence-corrected chi connectivity index (χ0v) is 23.1. The molecule has 0 aliphatic carbocycles. The molecule has 2 aromatic carbocycles. The van der Waals surface area contributed by atoms with Crippen molar-refractivity contribution >= 4 is 15.1 Å². The van der Waals surface area contributed by atoms with Crippen LogP contribution in [0.25, 0.3) is 21.2 Å². The number of hydrogen-bond donors (Lipinski definition) is 0. The second kappa shape index (κ2) is 9.09. The van der Waals surface area contributed by atoms with E-state index >= 15 is 0 Å². The van der Waals surface area contributed by atoms with E-state index in [2.05, 4.69) is 100 Å². The van der Waals surface area contributed by atoms with Crippen molar-refractivity contribution in [2.45, 2.75) is 87.0 Å². The Balaban J connectivity index is 0.00000320. The maximum atomic E-state index is 2.46. The summed E-state index contributed by atoms with van der Waals surface area (Å²) in [6.45, 7) is 26.0. The Kier molecular flexibility index (Phi) is 7.77. The molecule has 3 rings (SSSR count). The molecule has 156 valence electrons. The first-order chi connectivity index (χ1) is 13.3. The monoisotopic (exact) mass is 431 g/mol. The number of rotatable bonds is 3. The third-order valence-electron chi connectivity index (χ3n) is 5.87. The van der Waals surface area contributed by atoms with Gasteiger partial charge in [-0.2, -0.15) is 0 Å². The summed E-state index contributed by atoms with van der Waals surface area (Å²) in [4.78, 5) is 0. The summed E-state index contributed by atoms with van der Waals surface area (Å²) in [6.07, 6.45) is 0. The molecule has 0 nitrogen and oxygen atoms in total. The molecule has 0 atom stereocenters. The fourth-order valence-electron chi connectivity index (χ4n) is 5.03. The quantitative estimate of drug-likeness (QED) is 0.304. The molecule has 1 heterocycles. The Morgan fingerprint density at radius 2 is 1.17 bits per heavy atom. The van der Waals surface area contributed by atoms with E-state index < -0.39 is 0 Å². The first kappa shape index (κ1) is 25.6. The molecule has 0 fully saturated rings. The van der Waals surface area contributed by atoms with Gasteiger partial charge in [0.05, 0.1) is 10.1 Å². The Morgan fingerprint density at radius 3 is 1.53 bits per heavy atom. The summed E-state index contributed by atoms with van der Waals surface area (Å²) in [5.41, 5.74) is 12.5. The van der Waals surface area contributed by atoms with Crippen LogP contribution >= 0.6 is 15.1 Å². The van der Waals surface area contributed by atoms with Crippen molar-refractivity contribution < 1.29 is 18.9 Å². The van der Waals surface area contributed by atoms with Crippen LogP contribution < -0.4 is 18.9 Å². The molecule has 0 bridgehead atoms. The average Bonchev–Trinajstić information content (AvgIpc) is 2.48. The molecule has 0 radical (unpaired) electrons. The second-order valence-corrected chi connectivity index (χ2v) is 16.4. The Labute approximate surface area is 199 Å². The van der Waals surface area contributed by atoms with Gasteiger partial charge in [-0.15, -0.1) is 11.1 Å². The summed E-state index contributed by atoms with van der Waals surface area (Å²) >= 11 is 0. The number of hydrogen-bond acceptors (Lipinski definition) is 0. The predicted octanol–water partition coefficient (Wildman–Crippen LogP) is 7.18. The first-order valence-electron chi connectivity index (χ1n) is 10.8. The zero-order valence-electron chi connectivity index (χ0n) is 21.3. The summed E-state index contributed by atoms with van der Waals surface area (Å²) in [5.74, 6) is 0. The van der Waals surface area contributed by atoms with E-state index in [1.165, 1.54) is 33.4 Å². The maximum absolute atomic E-state index is 2.46. The molecule has 3 aromatic rings. The molecule has 0 saturated carbocycles. The standard InChI is InChI=1S/C27H38P2.Li/c1-16(2)28-25(23-19(5)12-17(3)13-20(23)6)29(27(9,10)11)26(28)24-21(7)14-18(4)15-22(24)8;/h12-16H,1-11H3;/q;+1. The fraction of sp³-hybridized carbons (Fsp3) is 0.481. The van der Waals surface area contributed by atoms with Gasteiger partial charge >= 0.3 is 18.9 Å². The summed E-state index contributed by atoms with van der Waals surface area (Å²) in [6, 6.07) is 9.55. The van der Waals surface area contributed by atoms with Gasteiger partial charge in [0.1, 0.15) is 0 Å². The van der Waals surface area contributed by atoms with Crippen LogP contribution in [0.1, 0.15) is 73.7 Å². The smallest absolute Gasteiger partial charge is 0.104 e. The van der Waals surface area contributed by atoms with Crippen LogP contribution in [0, 0.1) is 41.5 Å². The third kappa shape index (κ3) is 4.46. The first-order valence-corrected chi connectivity index (χ1v) is 13.6. The molecule has 0 N–H and O–H groups in total. The molecular formula is C27H38LiP2+. The molecule has 3 heteroatoms. The molecule has 0 saturated heterocycles. The molecule has 0 amide bonds. The van der Waals surface area contributed by atoms with E-state index in [0.29, 0.717) is 5.66 Å². The molecule has 1 aromatic heterocycles. The second-order valence-electron chi connectivity index (χ2n) is 10.2. The fourth-order valence-corrected chi connectivity index (χ4v) is 15.4. The van der Waals surface area contributed by atoms with Crippen molar-refractivity contribution in [2.24, 2.45) is 0 Å². The van der Waals surface area contributed by atoms with Crippen molar-refractivity contribution in [2.75, 3.05) is 0 Å². The Bertz CT molecular complexity index is 952. The third-order valence-corrected chi connectivity index (χ3v) is 13.4. The molecular weight excluding hydrogens is 393 g/mol. The van der Waals surface area contributed by atoms with Gasteiger partial charge in [0, 0.05) is 10.8 Å². The van der Waals surface area contributed by atoms with Crippen molar-refractivity contribution in [3.63, 3.8) is 0 Å². The summed E-state index contributed by atoms with van der Waals surface area (Å²) in [7, 11) is -0.574. The van der Waals surface area contributed by atoms with Gasteiger partial charge < -0.3 is 0 Å². The SMILES string of the molecule is Cc1cc(C)c(-c2p(C(C)(C)C)[c-](-c3c(C)cc(C)cc3C)[p+]2C(C)C)c(C)c1.[Li+]. The largest absolute Gasteiger partial charge is 1.00 e. The normalized spacial score (nSPS) is 13.1. The van der Waals surface area contributed by atoms with Gasteiger partial charge in [-0.25, -0.2) is 0 Å². The number of aryl methyl sites for hydroxylation is 6. The molecule has 0 unspecified atom stereocenters. The van der Waals surface area contributed by atoms with Crippen LogP contribution in [0.2, 0.25) is 0 Å². The average molecular weight is 431 g/mol. The van der Waals surface area contributed by atoms with Crippen LogP contribution in [0.3, 0.4) is 0 Å². The predicted molar refractivity (Wildman–Crippen MR) is 137 cm³/mol. The van der Waals surface area contributed by atoms with Gasteiger partial charge in [0.2, 0.25) is 0 Å². The minimum Gasteiger partial charge on any atom is -0.104 e. The summed E-state index contributed by atoms with van der Waals surface area (Å²) < 4.78 is 0. The number of benzene rings is 2. The van der Waals surface area contributed by atoms with E-state index in [-0.39, 0.29) is 39.1 Å². The van der Waals surface area contributed by atoms with Crippen molar-refractivity contribution in [3.05, 3.63) is 57.6 Å². The summed E-state index contributed by atoms with van der Waals surface area (Å²) in [5, 5.41) is 3.89. The molecule has 0 aliphatic rings. The minimum atomic E-state index is -0.312. The van der Waals surface area contributed by atoms with Crippen LogP contribution in [0.4, 0.5) is 0 Å². The van der Waals surface area contributed by atoms with Gasteiger partial charge in [-0.05, 0) is 79.0 Å². The Hall–Kier alpha value is -0.623. The van der Waals surface area contributed by atoms with Gasteiger partial charge in [0.25, 0.3) is 0 Å². The van der Waals surface area contributed by atoms with E-state index in [4.69, 9.17) is 0 Å². The maximum Gasteiger partial charge on any atom is 1.00 e. The van der Waals surface area contributed by atoms with Crippen LogP contribution in [0.15, 0.2) is 24.3 Å².